The van der Waals surface area contributed by atoms with E-state index in [1.54, 1.807) is 54.1 Å². The minimum Gasteiger partial charge on any atom is -0.474 e. The van der Waals surface area contributed by atoms with E-state index in [4.69, 9.17) is 4.74 Å². The van der Waals surface area contributed by atoms with E-state index in [0.717, 1.165) is 31.2 Å². The average molecular weight is 507 g/mol. The Morgan fingerprint density at radius 1 is 1.00 bits per heavy atom. The molecule has 3 heterocycles. The number of ether oxygens (including phenoxy) is 1. The van der Waals surface area contributed by atoms with Crippen LogP contribution in [0.5, 0.6) is 5.88 Å². The van der Waals surface area contributed by atoms with Gasteiger partial charge in [0.1, 0.15) is 11.9 Å². The molecule has 0 bridgehead atoms. The quantitative estimate of drug-likeness (QED) is 0.371. The molecule has 0 aliphatic heterocycles. The third-order valence-electron chi connectivity index (χ3n) is 6.73. The number of nitrogens with zero attached hydrogens (tertiary/aromatic N) is 4. The number of aromatic nitrogens is 4. The van der Waals surface area contributed by atoms with Gasteiger partial charge in [0.15, 0.2) is 0 Å². The zero-order chi connectivity index (χ0) is 25.4. The maximum atomic E-state index is 13.7. The van der Waals surface area contributed by atoms with Crippen LogP contribution >= 0.6 is 0 Å². The van der Waals surface area contributed by atoms with E-state index < -0.39 is 10.0 Å². The van der Waals surface area contributed by atoms with Crippen molar-refractivity contribution in [3.63, 3.8) is 0 Å². The van der Waals surface area contributed by atoms with Crippen molar-refractivity contribution in [1.29, 1.82) is 0 Å². The Morgan fingerprint density at radius 3 is 2.42 bits per heavy atom. The Kier molecular flexibility index (Phi) is 6.42. The molecule has 36 heavy (non-hydrogen) atoms. The number of hydrogen-bond donors (Lipinski definition) is 0. The van der Waals surface area contributed by atoms with Gasteiger partial charge in [0.05, 0.1) is 21.6 Å². The lowest BCUT2D eigenvalue weighted by Crippen LogP contribution is -2.20. The Morgan fingerprint density at radius 2 is 1.72 bits per heavy atom. The second-order valence-electron chi connectivity index (χ2n) is 9.32. The summed E-state index contributed by atoms with van der Waals surface area (Å²) in [4.78, 5) is 22.0. The molecule has 5 rings (SSSR count). The molecule has 0 atom stereocenters. The van der Waals surface area contributed by atoms with Crippen LogP contribution < -0.4 is 10.3 Å². The van der Waals surface area contributed by atoms with Gasteiger partial charge in [-0.1, -0.05) is 24.1 Å². The van der Waals surface area contributed by atoms with E-state index in [-0.39, 0.29) is 16.6 Å². The van der Waals surface area contributed by atoms with Crippen LogP contribution in [-0.2, 0) is 16.6 Å². The smallest absolute Gasteiger partial charge is 0.268 e. The maximum absolute atomic E-state index is 13.7. The lowest BCUT2D eigenvalue weighted by molar-refractivity contribution is 0.148. The van der Waals surface area contributed by atoms with Gasteiger partial charge in [-0.05, 0) is 64.7 Å². The van der Waals surface area contributed by atoms with Crippen LogP contribution in [0, 0.1) is 13.8 Å². The van der Waals surface area contributed by atoms with Crippen molar-refractivity contribution >= 4 is 21.1 Å². The molecule has 1 aromatic carbocycles. The molecule has 0 radical (unpaired) electrons. The van der Waals surface area contributed by atoms with Crippen LogP contribution in [0.15, 0.2) is 58.4 Å². The van der Waals surface area contributed by atoms with Crippen molar-refractivity contribution in [2.24, 2.45) is 0 Å². The van der Waals surface area contributed by atoms with Gasteiger partial charge in [0, 0.05) is 30.4 Å². The second kappa shape index (κ2) is 9.54. The van der Waals surface area contributed by atoms with Gasteiger partial charge in [0.25, 0.3) is 15.6 Å². The Labute approximate surface area is 210 Å². The van der Waals surface area contributed by atoms with Gasteiger partial charge in [0.2, 0.25) is 5.88 Å². The van der Waals surface area contributed by atoms with Crippen LogP contribution in [0.3, 0.4) is 0 Å². The number of fused-ring (bicyclic) bond motifs is 1. The van der Waals surface area contributed by atoms with Crippen LogP contribution in [0.2, 0.25) is 0 Å². The van der Waals surface area contributed by atoms with Crippen LogP contribution in [-0.4, -0.2) is 33.0 Å². The molecule has 8 nitrogen and oxygen atoms in total. The second-order valence-corrected chi connectivity index (χ2v) is 11.1. The molecule has 0 saturated heterocycles. The Bertz CT molecular complexity index is 1580. The molecule has 1 saturated carbocycles. The summed E-state index contributed by atoms with van der Waals surface area (Å²) in [5, 5.41) is 0. The summed E-state index contributed by atoms with van der Waals surface area (Å²) in [6.45, 7) is 5.93. The van der Waals surface area contributed by atoms with Crippen molar-refractivity contribution < 1.29 is 13.2 Å². The number of benzene rings is 1. The highest BCUT2D eigenvalue weighted by atomic mass is 32.2. The Balaban J connectivity index is 1.71. The highest BCUT2D eigenvalue weighted by Crippen LogP contribution is 2.33. The summed E-state index contributed by atoms with van der Waals surface area (Å²) < 4.78 is 36.4. The molecule has 188 valence electrons. The molecule has 9 heteroatoms. The first-order valence-corrected chi connectivity index (χ1v) is 13.8. The predicted octanol–water partition coefficient (Wildman–Crippen LogP) is 4.85. The van der Waals surface area contributed by atoms with Gasteiger partial charge in [-0.25, -0.2) is 17.4 Å². The van der Waals surface area contributed by atoms with Crippen molar-refractivity contribution in [1.82, 2.24) is 18.5 Å². The van der Waals surface area contributed by atoms with E-state index in [1.807, 2.05) is 13.8 Å². The molecule has 3 aromatic heterocycles. The summed E-state index contributed by atoms with van der Waals surface area (Å²) in [6, 6.07) is 11.4. The van der Waals surface area contributed by atoms with E-state index in [2.05, 4.69) is 9.97 Å². The van der Waals surface area contributed by atoms with Gasteiger partial charge in [-0.2, -0.15) is 4.98 Å². The molecule has 0 unspecified atom stereocenters. The number of pyridine rings is 1. The molecular weight excluding hydrogens is 476 g/mol. The van der Waals surface area contributed by atoms with Crippen LogP contribution in [0.1, 0.15) is 50.4 Å². The molecule has 0 amide bonds. The highest BCUT2D eigenvalue weighted by Gasteiger charge is 2.25. The van der Waals surface area contributed by atoms with E-state index in [1.165, 1.54) is 16.5 Å². The van der Waals surface area contributed by atoms with Crippen molar-refractivity contribution in [3.8, 4) is 17.1 Å². The lowest BCUT2D eigenvalue weighted by Gasteiger charge is -2.22. The van der Waals surface area contributed by atoms with Gasteiger partial charge in [-0.15, -0.1) is 0 Å². The topological polar surface area (TPSA) is 96.1 Å². The highest BCUT2D eigenvalue weighted by molar-refractivity contribution is 7.90. The van der Waals surface area contributed by atoms with Crippen LogP contribution in [0.4, 0.5) is 0 Å². The summed E-state index contributed by atoms with van der Waals surface area (Å²) in [5.74, 6) is 0.981. The van der Waals surface area contributed by atoms with Gasteiger partial charge in [-0.3, -0.25) is 4.79 Å². The average Bonchev–Trinajstić information content (AvgIpc) is 3.25. The predicted molar refractivity (Wildman–Crippen MR) is 139 cm³/mol. The van der Waals surface area contributed by atoms with Crippen molar-refractivity contribution in [2.75, 3.05) is 0 Å². The first kappa shape index (κ1) is 24.2. The molecule has 1 aliphatic rings. The number of rotatable bonds is 6. The van der Waals surface area contributed by atoms with Crippen LogP contribution in [0.25, 0.3) is 22.3 Å². The van der Waals surface area contributed by atoms with Gasteiger partial charge >= 0.3 is 0 Å². The fourth-order valence-electron chi connectivity index (χ4n) is 4.89. The lowest BCUT2D eigenvalue weighted by atomic mass is 9.98. The molecule has 0 spiro atoms. The first-order valence-electron chi connectivity index (χ1n) is 12.4. The SMILES string of the molecule is CCn1c(=O)ccc2c1c(-c1cc(OC3CCCCC3)nc(C)n1)cn2S(=O)(=O)c1ccc(C)cc1. The fourth-order valence-corrected chi connectivity index (χ4v) is 6.25. The zero-order valence-corrected chi connectivity index (χ0v) is 21.6. The third-order valence-corrected chi connectivity index (χ3v) is 8.41. The zero-order valence-electron chi connectivity index (χ0n) is 20.8. The Hall–Kier alpha value is -3.46. The summed E-state index contributed by atoms with van der Waals surface area (Å²) >= 11 is 0. The summed E-state index contributed by atoms with van der Waals surface area (Å²) in [6.07, 6.45) is 7.13. The van der Waals surface area contributed by atoms with E-state index >= 15 is 0 Å². The molecule has 4 aromatic rings. The summed E-state index contributed by atoms with van der Waals surface area (Å²) in [7, 11) is -3.92. The van der Waals surface area contributed by atoms with Crippen molar-refractivity contribution in [3.05, 3.63) is 70.4 Å². The van der Waals surface area contributed by atoms with Crippen molar-refractivity contribution in [2.45, 2.75) is 70.4 Å². The standard InChI is InChI=1S/C27H30N4O4S/c1-4-30-26(32)15-14-24-27(30)22(17-31(24)36(33,34)21-12-10-18(2)11-13-21)23-16-25(29-19(3)28-23)35-20-8-6-5-7-9-20/h10-17,20H,4-9H2,1-3H3. The molecule has 1 fully saturated rings. The van der Waals surface area contributed by atoms with Gasteiger partial charge < -0.3 is 9.30 Å². The van der Waals surface area contributed by atoms with E-state index in [0.29, 0.717) is 40.5 Å². The third kappa shape index (κ3) is 4.43. The molecule has 0 N–H and O–H groups in total. The number of aryl methyl sites for hydroxylation is 3. The largest absolute Gasteiger partial charge is 0.474 e. The van der Waals surface area contributed by atoms with E-state index in [9.17, 15) is 13.2 Å². The monoisotopic (exact) mass is 506 g/mol. The first-order chi connectivity index (χ1) is 17.3. The minimum atomic E-state index is -3.92. The maximum Gasteiger partial charge on any atom is 0.268 e. The minimum absolute atomic E-state index is 0.109. The normalized spacial score (nSPS) is 14.9. The number of hydrogen-bond acceptors (Lipinski definition) is 6. The molecule has 1 aliphatic carbocycles. The molecular formula is C27H30N4O4S. The fraction of sp³-hybridized carbons (Fsp3) is 0.370. The summed E-state index contributed by atoms with van der Waals surface area (Å²) in [5.41, 5.74) is 2.75.